The second-order valence-corrected chi connectivity index (χ2v) is 5.20. The summed E-state index contributed by atoms with van der Waals surface area (Å²) in [5.41, 5.74) is 1.05. The van der Waals surface area contributed by atoms with Crippen molar-refractivity contribution in [3.63, 3.8) is 0 Å². The average molecular weight is 451 g/mol. The zero-order valence-corrected chi connectivity index (χ0v) is 17.8. The van der Waals surface area contributed by atoms with Crippen LogP contribution in [0.1, 0.15) is 25.8 Å². The average Bonchev–Trinajstić information content (AvgIpc) is 2.59. The molecule has 0 radical (unpaired) electrons. The van der Waals surface area contributed by atoms with Gasteiger partial charge in [-0.05, 0) is 25.8 Å². The molecule has 0 heterocycles. The molecule has 1 unspecified atom stereocenters. The van der Waals surface area contributed by atoms with Gasteiger partial charge < -0.3 is 24.8 Å². The lowest BCUT2D eigenvalue weighted by Gasteiger charge is -2.18. The van der Waals surface area contributed by atoms with Gasteiger partial charge in [0.2, 0.25) is 5.75 Å². The standard InChI is InChI=1S/C17H29N3O3.HI/c1-7-12(2)20-17(18-3)19-11-10-13-8-9-14(21-4)16(23-6)15(13)22-5;/h8-9,12H,7,10-11H2,1-6H3,(H2,18,19,20);1H. The molecule has 2 N–H and O–H groups in total. The van der Waals surface area contributed by atoms with E-state index in [4.69, 9.17) is 14.2 Å². The van der Waals surface area contributed by atoms with Crippen molar-refractivity contribution in [3.8, 4) is 17.2 Å². The molecule has 0 amide bonds. The first-order chi connectivity index (χ1) is 11.1. The van der Waals surface area contributed by atoms with E-state index < -0.39 is 0 Å². The molecule has 0 aliphatic heterocycles. The third-order valence-electron chi connectivity index (χ3n) is 3.69. The Morgan fingerprint density at radius 3 is 2.29 bits per heavy atom. The van der Waals surface area contributed by atoms with Gasteiger partial charge in [-0.1, -0.05) is 13.0 Å². The molecule has 6 nitrogen and oxygen atoms in total. The van der Waals surface area contributed by atoms with Crippen LogP contribution in [0.25, 0.3) is 0 Å². The Morgan fingerprint density at radius 1 is 1.12 bits per heavy atom. The first kappa shape index (κ1) is 22.6. The molecule has 1 aromatic carbocycles. The number of halogens is 1. The predicted octanol–water partition coefficient (Wildman–Crippen LogP) is 2.84. The number of ether oxygens (including phenoxy) is 3. The minimum absolute atomic E-state index is 0. The van der Waals surface area contributed by atoms with Gasteiger partial charge in [-0.2, -0.15) is 0 Å². The molecule has 1 rings (SSSR count). The second kappa shape index (κ2) is 12.0. The molecule has 0 saturated carbocycles. The van der Waals surface area contributed by atoms with E-state index in [-0.39, 0.29) is 24.0 Å². The highest BCUT2D eigenvalue weighted by Gasteiger charge is 2.15. The van der Waals surface area contributed by atoms with E-state index in [0.717, 1.165) is 30.9 Å². The van der Waals surface area contributed by atoms with Gasteiger partial charge in [0, 0.05) is 25.2 Å². The fraction of sp³-hybridized carbons (Fsp3) is 0.588. The van der Waals surface area contributed by atoms with E-state index in [1.54, 1.807) is 28.4 Å². The van der Waals surface area contributed by atoms with E-state index in [1.165, 1.54) is 0 Å². The van der Waals surface area contributed by atoms with Gasteiger partial charge in [-0.3, -0.25) is 4.99 Å². The minimum Gasteiger partial charge on any atom is -0.493 e. The topological polar surface area (TPSA) is 64.1 Å². The first-order valence-corrected chi connectivity index (χ1v) is 7.86. The number of nitrogens with one attached hydrogen (secondary N) is 2. The van der Waals surface area contributed by atoms with Crippen molar-refractivity contribution in [1.29, 1.82) is 0 Å². The summed E-state index contributed by atoms with van der Waals surface area (Å²) in [5.74, 6) is 2.79. The first-order valence-electron chi connectivity index (χ1n) is 7.86. The number of guanidine groups is 1. The quantitative estimate of drug-likeness (QED) is 0.362. The molecule has 0 bridgehead atoms. The van der Waals surface area contributed by atoms with Crippen LogP contribution in [-0.2, 0) is 6.42 Å². The summed E-state index contributed by atoms with van der Waals surface area (Å²) in [6.45, 7) is 5.01. The summed E-state index contributed by atoms with van der Waals surface area (Å²) in [4.78, 5) is 4.23. The van der Waals surface area contributed by atoms with Crippen LogP contribution in [-0.4, -0.2) is 46.9 Å². The highest BCUT2D eigenvalue weighted by Crippen LogP contribution is 2.39. The molecule has 24 heavy (non-hydrogen) atoms. The molecule has 0 fully saturated rings. The molecule has 0 spiro atoms. The summed E-state index contributed by atoms with van der Waals surface area (Å²) in [5, 5.41) is 6.65. The third kappa shape index (κ3) is 6.26. The summed E-state index contributed by atoms with van der Waals surface area (Å²) < 4.78 is 16.2. The Bertz CT molecular complexity index is 524. The number of hydrogen-bond acceptors (Lipinski definition) is 4. The zero-order valence-electron chi connectivity index (χ0n) is 15.4. The predicted molar refractivity (Wildman–Crippen MR) is 109 cm³/mol. The van der Waals surface area contributed by atoms with Crippen molar-refractivity contribution in [2.45, 2.75) is 32.7 Å². The fourth-order valence-electron chi connectivity index (χ4n) is 2.21. The SMILES string of the molecule is CCC(C)NC(=NC)NCCc1ccc(OC)c(OC)c1OC.I. The summed E-state index contributed by atoms with van der Waals surface area (Å²) in [7, 11) is 6.63. The highest BCUT2D eigenvalue weighted by atomic mass is 127. The summed E-state index contributed by atoms with van der Waals surface area (Å²) >= 11 is 0. The van der Waals surface area contributed by atoms with Gasteiger partial charge in [0.1, 0.15) is 0 Å². The van der Waals surface area contributed by atoms with Crippen LogP contribution in [0.15, 0.2) is 17.1 Å². The van der Waals surface area contributed by atoms with Gasteiger partial charge in [-0.15, -0.1) is 24.0 Å². The molecule has 0 aliphatic carbocycles. The lowest BCUT2D eigenvalue weighted by Crippen LogP contribution is -2.42. The van der Waals surface area contributed by atoms with Crippen molar-refractivity contribution in [3.05, 3.63) is 17.7 Å². The van der Waals surface area contributed by atoms with Crippen LogP contribution in [0.3, 0.4) is 0 Å². The van der Waals surface area contributed by atoms with Crippen LogP contribution in [0.5, 0.6) is 17.2 Å². The van der Waals surface area contributed by atoms with Crippen LogP contribution >= 0.6 is 24.0 Å². The Labute approximate surface area is 162 Å². The largest absolute Gasteiger partial charge is 0.493 e. The van der Waals surface area contributed by atoms with Gasteiger partial charge in [0.05, 0.1) is 21.3 Å². The van der Waals surface area contributed by atoms with E-state index in [1.807, 2.05) is 12.1 Å². The second-order valence-electron chi connectivity index (χ2n) is 5.20. The monoisotopic (exact) mass is 451 g/mol. The molecule has 0 aromatic heterocycles. The van der Waals surface area contributed by atoms with Gasteiger partial charge in [0.25, 0.3) is 0 Å². The van der Waals surface area contributed by atoms with E-state index >= 15 is 0 Å². The van der Waals surface area contributed by atoms with Crippen LogP contribution in [0.2, 0.25) is 0 Å². The van der Waals surface area contributed by atoms with Crippen molar-refractivity contribution >= 4 is 29.9 Å². The van der Waals surface area contributed by atoms with Crippen molar-refractivity contribution in [2.24, 2.45) is 4.99 Å². The van der Waals surface area contributed by atoms with Crippen LogP contribution in [0.4, 0.5) is 0 Å². The summed E-state index contributed by atoms with van der Waals surface area (Å²) in [6, 6.07) is 4.27. The number of aliphatic imine (C=N–C) groups is 1. The maximum Gasteiger partial charge on any atom is 0.203 e. The van der Waals surface area contributed by atoms with Gasteiger partial charge in [-0.25, -0.2) is 0 Å². The van der Waals surface area contributed by atoms with Gasteiger partial charge >= 0.3 is 0 Å². The smallest absolute Gasteiger partial charge is 0.203 e. The van der Waals surface area contributed by atoms with Crippen molar-refractivity contribution in [1.82, 2.24) is 10.6 Å². The van der Waals surface area contributed by atoms with Gasteiger partial charge in [0.15, 0.2) is 17.5 Å². The maximum absolute atomic E-state index is 5.50. The number of methoxy groups -OCH3 is 3. The van der Waals surface area contributed by atoms with E-state index in [2.05, 4.69) is 29.5 Å². The molecule has 138 valence electrons. The molecular formula is C17H30IN3O3. The lowest BCUT2D eigenvalue weighted by molar-refractivity contribution is 0.322. The van der Waals surface area contributed by atoms with Crippen LogP contribution in [0, 0.1) is 0 Å². The van der Waals surface area contributed by atoms with E-state index in [0.29, 0.717) is 23.3 Å². The number of nitrogens with zero attached hydrogens (tertiary/aromatic N) is 1. The van der Waals surface area contributed by atoms with Crippen LogP contribution < -0.4 is 24.8 Å². The Kier molecular flexibility index (Phi) is 11.4. The molecule has 1 atom stereocenters. The van der Waals surface area contributed by atoms with Crippen molar-refractivity contribution < 1.29 is 14.2 Å². The maximum atomic E-state index is 5.50. The third-order valence-corrected chi connectivity index (χ3v) is 3.69. The van der Waals surface area contributed by atoms with Crippen molar-refractivity contribution in [2.75, 3.05) is 34.9 Å². The molecule has 0 saturated heterocycles. The highest BCUT2D eigenvalue weighted by molar-refractivity contribution is 14.0. The fourth-order valence-corrected chi connectivity index (χ4v) is 2.21. The Hall–Kier alpha value is -1.38. The normalized spacial score (nSPS) is 12.0. The number of benzene rings is 1. The number of rotatable bonds is 8. The molecule has 1 aromatic rings. The number of hydrogen-bond donors (Lipinski definition) is 2. The summed E-state index contributed by atoms with van der Waals surface area (Å²) in [6.07, 6.45) is 1.83. The molecular weight excluding hydrogens is 421 g/mol. The molecule has 7 heteroatoms. The lowest BCUT2D eigenvalue weighted by atomic mass is 10.1. The Morgan fingerprint density at radius 2 is 1.79 bits per heavy atom. The zero-order chi connectivity index (χ0) is 17.2. The molecule has 0 aliphatic rings. The minimum atomic E-state index is 0. The van der Waals surface area contributed by atoms with E-state index in [9.17, 15) is 0 Å². The Balaban J connectivity index is 0.00000529.